The molecule has 1 atom stereocenters. The molecule has 4 nitrogen and oxygen atoms in total. The normalized spacial score (nSPS) is 11.7. The molecule has 1 N–H and O–H groups in total. The average molecular weight is 385 g/mol. The number of hydrogen-bond acceptors (Lipinski definition) is 3. The van der Waals surface area contributed by atoms with Gasteiger partial charge in [0, 0.05) is 23.0 Å². The van der Waals surface area contributed by atoms with Crippen LogP contribution in [-0.2, 0) is 11.2 Å². The molecule has 0 spiro atoms. The molecule has 0 bridgehead atoms. The number of methoxy groups -OCH3 is 1. The molecule has 0 unspecified atom stereocenters. The molecule has 0 saturated carbocycles. The monoisotopic (exact) mass is 384 g/mol. The molecule has 0 radical (unpaired) electrons. The number of pyridine rings is 1. The minimum Gasteiger partial charge on any atom is -0.497 e. The maximum absolute atomic E-state index is 14.0. The van der Waals surface area contributed by atoms with E-state index in [0.717, 1.165) is 16.9 Å². The fourth-order valence-corrected chi connectivity index (χ4v) is 3.01. The van der Waals surface area contributed by atoms with Gasteiger partial charge in [0.25, 0.3) is 0 Å². The Labute approximate surface area is 162 Å². The van der Waals surface area contributed by atoms with Crippen molar-refractivity contribution in [3.63, 3.8) is 0 Å². The zero-order valence-electron chi connectivity index (χ0n) is 14.7. The Kier molecular flexibility index (Phi) is 6.04. The number of halogens is 2. The van der Waals surface area contributed by atoms with Gasteiger partial charge in [-0.1, -0.05) is 29.8 Å². The van der Waals surface area contributed by atoms with Crippen molar-refractivity contribution >= 4 is 17.5 Å². The van der Waals surface area contributed by atoms with E-state index in [-0.39, 0.29) is 22.9 Å². The SMILES string of the molecule is COc1ccc([C@@H](NC(=O)Cc2c(F)cccc2Cl)c2ccncc2)cc1. The van der Waals surface area contributed by atoms with Crippen LogP contribution < -0.4 is 10.1 Å². The summed E-state index contributed by atoms with van der Waals surface area (Å²) in [5.41, 5.74) is 1.91. The number of rotatable bonds is 6. The van der Waals surface area contributed by atoms with Gasteiger partial charge >= 0.3 is 0 Å². The van der Waals surface area contributed by atoms with Crippen LogP contribution in [0.5, 0.6) is 5.75 Å². The Morgan fingerprint density at radius 1 is 1.11 bits per heavy atom. The quantitative estimate of drug-likeness (QED) is 0.688. The summed E-state index contributed by atoms with van der Waals surface area (Å²) in [5, 5.41) is 3.19. The molecular weight excluding hydrogens is 367 g/mol. The molecule has 1 aromatic heterocycles. The highest BCUT2D eigenvalue weighted by atomic mass is 35.5. The van der Waals surface area contributed by atoms with Crippen LogP contribution in [0.4, 0.5) is 4.39 Å². The highest BCUT2D eigenvalue weighted by Gasteiger charge is 2.19. The second kappa shape index (κ2) is 8.64. The first kappa shape index (κ1) is 18.9. The fraction of sp³-hybridized carbons (Fsp3) is 0.143. The Bertz CT molecular complexity index is 897. The van der Waals surface area contributed by atoms with Gasteiger partial charge in [-0.25, -0.2) is 4.39 Å². The Balaban J connectivity index is 1.86. The third-order valence-corrected chi connectivity index (χ3v) is 4.55. The molecule has 138 valence electrons. The van der Waals surface area contributed by atoms with Crippen molar-refractivity contribution in [3.05, 3.63) is 94.5 Å². The lowest BCUT2D eigenvalue weighted by atomic mass is 9.99. The van der Waals surface area contributed by atoms with E-state index in [1.54, 1.807) is 25.6 Å². The first-order valence-corrected chi connectivity index (χ1v) is 8.72. The van der Waals surface area contributed by atoms with Crippen molar-refractivity contribution in [3.8, 4) is 5.75 Å². The number of nitrogens with one attached hydrogen (secondary N) is 1. The number of nitrogens with zero attached hydrogens (tertiary/aromatic N) is 1. The number of amides is 1. The zero-order chi connectivity index (χ0) is 19.2. The largest absolute Gasteiger partial charge is 0.497 e. The highest BCUT2D eigenvalue weighted by Crippen LogP contribution is 2.25. The van der Waals surface area contributed by atoms with Gasteiger partial charge in [0.15, 0.2) is 0 Å². The van der Waals surface area contributed by atoms with Crippen LogP contribution >= 0.6 is 11.6 Å². The summed E-state index contributed by atoms with van der Waals surface area (Å²) in [6.45, 7) is 0. The predicted octanol–water partition coefficient (Wildman–Crippen LogP) is 4.33. The lowest BCUT2D eigenvalue weighted by Crippen LogP contribution is -2.31. The smallest absolute Gasteiger partial charge is 0.225 e. The van der Waals surface area contributed by atoms with Crippen molar-refractivity contribution in [2.24, 2.45) is 0 Å². The zero-order valence-corrected chi connectivity index (χ0v) is 15.4. The second-order valence-electron chi connectivity index (χ2n) is 5.93. The van der Waals surface area contributed by atoms with Crippen molar-refractivity contribution in [2.45, 2.75) is 12.5 Å². The molecule has 0 aliphatic carbocycles. The first-order chi connectivity index (χ1) is 13.1. The van der Waals surface area contributed by atoms with Crippen molar-refractivity contribution in [1.29, 1.82) is 0 Å². The minimum atomic E-state index is -0.498. The summed E-state index contributed by atoms with van der Waals surface area (Å²) < 4.78 is 19.2. The van der Waals surface area contributed by atoms with Gasteiger partial charge in [0.2, 0.25) is 5.91 Å². The molecular formula is C21H18ClFN2O2. The Hall–Kier alpha value is -2.92. The maximum Gasteiger partial charge on any atom is 0.225 e. The van der Waals surface area contributed by atoms with Gasteiger partial charge in [-0.2, -0.15) is 0 Å². The van der Waals surface area contributed by atoms with E-state index in [2.05, 4.69) is 10.3 Å². The van der Waals surface area contributed by atoms with Gasteiger partial charge in [-0.15, -0.1) is 0 Å². The van der Waals surface area contributed by atoms with E-state index in [4.69, 9.17) is 16.3 Å². The molecule has 6 heteroatoms. The van der Waals surface area contributed by atoms with Crippen LogP contribution in [0.2, 0.25) is 5.02 Å². The lowest BCUT2D eigenvalue weighted by Gasteiger charge is -2.20. The van der Waals surface area contributed by atoms with Crippen molar-refractivity contribution < 1.29 is 13.9 Å². The highest BCUT2D eigenvalue weighted by molar-refractivity contribution is 6.31. The molecule has 3 rings (SSSR count). The van der Waals surface area contributed by atoms with Crippen LogP contribution in [0.25, 0.3) is 0 Å². The van der Waals surface area contributed by atoms with Crippen LogP contribution in [0.15, 0.2) is 67.0 Å². The van der Waals surface area contributed by atoms with Crippen molar-refractivity contribution in [1.82, 2.24) is 10.3 Å². The lowest BCUT2D eigenvalue weighted by molar-refractivity contribution is -0.121. The average Bonchev–Trinajstić information content (AvgIpc) is 2.70. The van der Waals surface area contributed by atoms with E-state index >= 15 is 0 Å². The Morgan fingerprint density at radius 3 is 2.41 bits per heavy atom. The number of benzene rings is 2. The molecule has 2 aromatic carbocycles. The number of carbonyl (C=O) groups excluding carboxylic acids is 1. The number of ether oxygens (including phenoxy) is 1. The van der Waals surface area contributed by atoms with Crippen LogP contribution in [0, 0.1) is 5.82 Å². The summed E-state index contributed by atoms with van der Waals surface area (Å²) in [4.78, 5) is 16.6. The third kappa shape index (κ3) is 4.63. The van der Waals surface area contributed by atoms with Gasteiger partial charge in [0.1, 0.15) is 11.6 Å². The molecule has 27 heavy (non-hydrogen) atoms. The van der Waals surface area contributed by atoms with E-state index in [1.807, 2.05) is 36.4 Å². The molecule has 1 amide bonds. The molecule has 0 saturated heterocycles. The Morgan fingerprint density at radius 2 is 1.78 bits per heavy atom. The van der Waals surface area contributed by atoms with Gasteiger partial charge in [-0.05, 0) is 47.5 Å². The summed E-state index contributed by atoms with van der Waals surface area (Å²) in [7, 11) is 1.59. The van der Waals surface area contributed by atoms with E-state index in [1.165, 1.54) is 12.1 Å². The van der Waals surface area contributed by atoms with Crippen LogP contribution in [-0.4, -0.2) is 18.0 Å². The number of aromatic nitrogens is 1. The fourth-order valence-electron chi connectivity index (χ4n) is 2.79. The van der Waals surface area contributed by atoms with Gasteiger partial charge < -0.3 is 10.1 Å². The molecule has 0 fully saturated rings. The summed E-state index contributed by atoms with van der Waals surface area (Å²) in [6.07, 6.45) is 3.17. The third-order valence-electron chi connectivity index (χ3n) is 4.19. The predicted molar refractivity (Wildman–Crippen MR) is 102 cm³/mol. The van der Waals surface area contributed by atoms with Crippen LogP contribution in [0.1, 0.15) is 22.7 Å². The molecule has 1 heterocycles. The minimum absolute atomic E-state index is 0.150. The van der Waals surface area contributed by atoms with Gasteiger partial charge in [0.05, 0.1) is 19.6 Å². The number of hydrogen-bond donors (Lipinski definition) is 1. The van der Waals surface area contributed by atoms with E-state index in [0.29, 0.717) is 0 Å². The topological polar surface area (TPSA) is 51.2 Å². The second-order valence-corrected chi connectivity index (χ2v) is 6.34. The van der Waals surface area contributed by atoms with Gasteiger partial charge in [-0.3, -0.25) is 9.78 Å². The summed E-state index contributed by atoms with van der Waals surface area (Å²) in [6, 6.07) is 15.0. The summed E-state index contributed by atoms with van der Waals surface area (Å²) in [5.74, 6) is -0.112. The van der Waals surface area contributed by atoms with Crippen molar-refractivity contribution in [2.75, 3.05) is 7.11 Å². The standard InChI is InChI=1S/C21H18ClFN2O2/c1-27-16-7-5-14(6-8-16)21(15-9-11-24-12-10-15)25-20(26)13-17-18(22)3-2-4-19(17)23/h2-12,21H,13H2,1H3,(H,25,26)/t21-/m1/s1. The van der Waals surface area contributed by atoms with E-state index in [9.17, 15) is 9.18 Å². The molecule has 3 aromatic rings. The molecule has 0 aliphatic heterocycles. The maximum atomic E-state index is 14.0. The van der Waals surface area contributed by atoms with E-state index < -0.39 is 11.9 Å². The van der Waals surface area contributed by atoms with Crippen LogP contribution in [0.3, 0.4) is 0 Å². The first-order valence-electron chi connectivity index (χ1n) is 8.34. The number of carbonyl (C=O) groups is 1. The molecule has 0 aliphatic rings. The summed E-state index contributed by atoms with van der Waals surface area (Å²) >= 11 is 6.04.